The predicted molar refractivity (Wildman–Crippen MR) is 92.3 cm³/mol. The minimum absolute atomic E-state index is 0.681. The fraction of sp³-hybridized carbons (Fsp3) is 0.375. The van der Waals surface area contributed by atoms with Crippen molar-refractivity contribution in [3.8, 4) is 0 Å². The maximum absolute atomic E-state index is 4.52. The summed E-state index contributed by atoms with van der Waals surface area (Å²) in [5.41, 5.74) is 3.17. The third kappa shape index (κ3) is 4.70. The molecular formula is C16H21BrN4. The summed E-state index contributed by atoms with van der Waals surface area (Å²) in [6, 6.07) is 8.09. The van der Waals surface area contributed by atoms with Crippen LogP contribution in [0.25, 0.3) is 0 Å². The second-order valence-corrected chi connectivity index (χ2v) is 6.00. The molecule has 0 aliphatic rings. The molecule has 2 aromatic rings. The standard InChI is InChI=1S/C16H21BrN4/c1-4-5-8-18-16-19-12(3)10-15(21-16)20-14-7-6-13(17)9-11(14)2/h6-7,9-10H,4-5,8H2,1-3H3,(H2,18,19,20,21). The molecule has 1 heterocycles. The van der Waals surface area contributed by atoms with Gasteiger partial charge in [0.05, 0.1) is 0 Å². The molecule has 5 heteroatoms. The minimum Gasteiger partial charge on any atom is -0.354 e. The summed E-state index contributed by atoms with van der Waals surface area (Å²) >= 11 is 3.48. The van der Waals surface area contributed by atoms with Crippen LogP contribution in [0.1, 0.15) is 31.0 Å². The normalized spacial score (nSPS) is 10.5. The van der Waals surface area contributed by atoms with E-state index in [0.717, 1.165) is 41.1 Å². The van der Waals surface area contributed by atoms with Crippen molar-refractivity contribution in [1.29, 1.82) is 0 Å². The molecule has 0 bridgehead atoms. The van der Waals surface area contributed by atoms with Crippen LogP contribution in [0.4, 0.5) is 17.5 Å². The van der Waals surface area contributed by atoms with E-state index in [1.807, 2.05) is 25.1 Å². The Kier molecular flexibility index (Phi) is 5.56. The number of unbranched alkanes of at least 4 members (excludes halogenated alkanes) is 1. The van der Waals surface area contributed by atoms with Crippen LogP contribution >= 0.6 is 15.9 Å². The predicted octanol–water partition coefficient (Wildman–Crippen LogP) is 4.81. The number of nitrogens with zero attached hydrogens (tertiary/aromatic N) is 2. The molecule has 0 radical (unpaired) electrons. The van der Waals surface area contributed by atoms with Gasteiger partial charge in [0, 0.05) is 28.5 Å². The van der Waals surface area contributed by atoms with Crippen molar-refractivity contribution in [1.82, 2.24) is 9.97 Å². The molecule has 0 spiro atoms. The number of hydrogen-bond acceptors (Lipinski definition) is 4. The minimum atomic E-state index is 0.681. The fourth-order valence-corrected chi connectivity index (χ4v) is 2.47. The van der Waals surface area contributed by atoms with E-state index in [1.165, 1.54) is 5.56 Å². The molecule has 2 N–H and O–H groups in total. The zero-order valence-electron chi connectivity index (χ0n) is 12.7. The molecule has 0 aliphatic heterocycles. The Hall–Kier alpha value is -1.62. The lowest BCUT2D eigenvalue weighted by atomic mass is 10.2. The maximum Gasteiger partial charge on any atom is 0.224 e. The third-order valence-corrected chi connectivity index (χ3v) is 3.61. The van der Waals surface area contributed by atoms with E-state index in [4.69, 9.17) is 0 Å². The summed E-state index contributed by atoms with van der Waals surface area (Å²) in [4.78, 5) is 8.93. The molecule has 112 valence electrons. The van der Waals surface area contributed by atoms with Crippen LogP contribution in [0.15, 0.2) is 28.7 Å². The molecule has 2 rings (SSSR count). The van der Waals surface area contributed by atoms with E-state index < -0.39 is 0 Å². The van der Waals surface area contributed by atoms with Crippen LogP contribution in [0.2, 0.25) is 0 Å². The van der Waals surface area contributed by atoms with E-state index in [0.29, 0.717) is 5.95 Å². The monoisotopic (exact) mass is 348 g/mol. The van der Waals surface area contributed by atoms with E-state index in [-0.39, 0.29) is 0 Å². The number of anilines is 3. The van der Waals surface area contributed by atoms with Crippen LogP contribution in [-0.4, -0.2) is 16.5 Å². The van der Waals surface area contributed by atoms with Gasteiger partial charge in [-0.15, -0.1) is 0 Å². The number of halogens is 1. The lowest BCUT2D eigenvalue weighted by molar-refractivity contribution is 0.825. The highest BCUT2D eigenvalue weighted by atomic mass is 79.9. The molecule has 0 amide bonds. The highest BCUT2D eigenvalue weighted by Gasteiger charge is 2.04. The first-order valence-corrected chi connectivity index (χ1v) is 8.00. The van der Waals surface area contributed by atoms with E-state index in [2.05, 4.69) is 56.4 Å². The number of benzene rings is 1. The molecular weight excluding hydrogens is 328 g/mol. The largest absolute Gasteiger partial charge is 0.354 e. The van der Waals surface area contributed by atoms with Crippen molar-refractivity contribution in [2.24, 2.45) is 0 Å². The van der Waals surface area contributed by atoms with Gasteiger partial charge in [0.1, 0.15) is 5.82 Å². The molecule has 0 saturated carbocycles. The quantitative estimate of drug-likeness (QED) is 0.735. The first kappa shape index (κ1) is 15.8. The maximum atomic E-state index is 4.52. The average molecular weight is 349 g/mol. The zero-order chi connectivity index (χ0) is 15.2. The molecule has 1 aromatic carbocycles. The molecule has 0 atom stereocenters. The van der Waals surface area contributed by atoms with Gasteiger partial charge >= 0.3 is 0 Å². The van der Waals surface area contributed by atoms with Crippen molar-refractivity contribution in [2.45, 2.75) is 33.6 Å². The van der Waals surface area contributed by atoms with Gasteiger partial charge in [-0.2, -0.15) is 4.98 Å². The van der Waals surface area contributed by atoms with Crippen molar-refractivity contribution in [3.63, 3.8) is 0 Å². The average Bonchev–Trinajstić information content (AvgIpc) is 2.42. The van der Waals surface area contributed by atoms with Crippen LogP contribution in [0.5, 0.6) is 0 Å². The van der Waals surface area contributed by atoms with E-state index in [1.54, 1.807) is 0 Å². The molecule has 0 unspecified atom stereocenters. The summed E-state index contributed by atoms with van der Waals surface area (Å²) < 4.78 is 1.08. The second-order valence-electron chi connectivity index (χ2n) is 5.08. The van der Waals surface area contributed by atoms with Crippen LogP contribution < -0.4 is 10.6 Å². The second kappa shape index (κ2) is 7.41. The fourth-order valence-electron chi connectivity index (χ4n) is 1.99. The molecule has 0 saturated heterocycles. The van der Waals surface area contributed by atoms with Crippen LogP contribution in [0.3, 0.4) is 0 Å². The topological polar surface area (TPSA) is 49.8 Å². The van der Waals surface area contributed by atoms with Gasteiger partial charge in [-0.05, 0) is 44.0 Å². The van der Waals surface area contributed by atoms with Gasteiger partial charge in [-0.3, -0.25) is 0 Å². The smallest absolute Gasteiger partial charge is 0.224 e. The lowest BCUT2D eigenvalue weighted by Gasteiger charge is -2.11. The van der Waals surface area contributed by atoms with Gasteiger partial charge < -0.3 is 10.6 Å². The molecule has 1 aromatic heterocycles. The van der Waals surface area contributed by atoms with E-state index >= 15 is 0 Å². The van der Waals surface area contributed by atoms with Gasteiger partial charge in [-0.25, -0.2) is 4.98 Å². The third-order valence-electron chi connectivity index (χ3n) is 3.12. The Balaban J connectivity index is 2.15. The Bertz CT molecular complexity index is 613. The van der Waals surface area contributed by atoms with Crippen molar-refractivity contribution in [2.75, 3.05) is 17.2 Å². The first-order chi connectivity index (χ1) is 10.1. The highest BCUT2D eigenvalue weighted by Crippen LogP contribution is 2.23. The number of aryl methyl sites for hydroxylation is 2. The molecule has 4 nitrogen and oxygen atoms in total. The van der Waals surface area contributed by atoms with Crippen molar-refractivity contribution < 1.29 is 0 Å². The van der Waals surface area contributed by atoms with Crippen LogP contribution in [-0.2, 0) is 0 Å². The summed E-state index contributed by atoms with van der Waals surface area (Å²) in [5, 5.41) is 6.63. The molecule has 0 aliphatic carbocycles. The zero-order valence-corrected chi connectivity index (χ0v) is 14.3. The Labute approximate surface area is 134 Å². The lowest BCUT2D eigenvalue weighted by Crippen LogP contribution is -2.07. The van der Waals surface area contributed by atoms with Crippen molar-refractivity contribution in [3.05, 3.63) is 40.0 Å². The van der Waals surface area contributed by atoms with Crippen LogP contribution in [0, 0.1) is 13.8 Å². The van der Waals surface area contributed by atoms with Gasteiger partial charge in [-0.1, -0.05) is 29.3 Å². The SMILES string of the molecule is CCCCNc1nc(C)cc(Nc2ccc(Br)cc2C)n1. The summed E-state index contributed by atoms with van der Waals surface area (Å²) in [6.45, 7) is 7.12. The Morgan fingerprint density at radius 1 is 1.14 bits per heavy atom. The number of hydrogen-bond donors (Lipinski definition) is 2. The summed E-state index contributed by atoms with van der Waals surface area (Å²) in [5.74, 6) is 1.49. The molecule has 21 heavy (non-hydrogen) atoms. The summed E-state index contributed by atoms with van der Waals surface area (Å²) in [7, 11) is 0. The Morgan fingerprint density at radius 2 is 1.95 bits per heavy atom. The van der Waals surface area contributed by atoms with Crippen molar-refractivity contribution >= 4 is 33.4 Å². The van der Waals surface area contributed by atoms with E-state index in [9.17, 15) is 0 Å². The Morgan fingerprint density at radius 3 is 2.67 bits per heavy atom. The van der Waals surface area contributed by atoms with Gasteiger partial charge in [0.2, 0.25) is 5.95 Å². The number of rotatable bonds is 6. The number of aromatic nitrogens is 2. The van der Waals surface area contributed by atoms with Gasteiger partial charge in [0.25, 0.3) is 0 Å². The molecule has 0 fully saturated rings. The summed E-state index contributed by atoms with van der Waals surface area (Å²) in [6.07, 6.45) is 2.27. The number of nitrogens with one attached hydrogen (secondary N) is 2. The highest BCUT2D eigenvalue weighted by molar-refractivity contribution is 9.10. The van der Waals surface area contributed by atoms with Gasteiger partial charge in [0.15, 0.2) is 0 Å². The first-order valence-electron chi connectivity index (χ1n) is 7.21.